The number of aromatic nitrogens is 2. The minimum atomic E-state index is -0.391. The Kier molecular flexibility index (Phi) is 2.60. The molecule has 0 fully saturated rings. The van der Waals surface area contributed by atoms with Gasteiger partial charge >= 0.3 is 0 Å². The summed E-state index contributed by atoms with van der Waals surface area (Å²) in [4.78, 5) is 16.1. The number of nitrogen functional groups attached to an aromatic ring is 1. The van der Waals surface area contributed by atoms with E-state index in [0.29, 0.717) is 11.4 Å². The van der Waals surface area contributed by atoms with E-state index in [4.69, 9.17) is 5.73 Å². The number of anilines is 2. The maximum Gasteiger partial charge on any atom is 0.277 e. The molecule has 6 heteroatoms. The summed E-state index contributed by atoms with van der Waals surface area (Å²) >= 11 is 0. The Balaban J connectivity index is 1.97. The van der Waals surface area contributed by atoms with Gasteiger partial charge in [-0.15, -0.1) is 0 Å². The van der Waals surface area contributed by atoms with Crippen LogP contribution in [0.5, 0.6) is 0 Å². The lowest BCUT2D eigenvalue weighted by Gasteiger charge is -2.08. The summed E-state index contributed by atoms with van der Waals surface area (Å²) in [5, 5.41) is 7.00. The fourth-order valence-electron chi connectivity index (χ4n) is 1.78. The van der Waals surface area contributed by atoms with Crippen molar-refractivity contribution in [2.24, 2.45) is 0 Å². The molecule has 0 saturated carbocycles. The van der Waals surface area contributed by atoms with E-state index in [1.54, 1.807) is 0 Å². The first kappa shape index (κ1) is 11.2. The van der Waals surface area contributed by atoms with Crippen LogP contribution in [0.1, 0.15) is 10.5 Å². The number of benzene rings is 1. The van der Waals surface area contributed by atoms with Crippen molar-refractivity contribution in [1.82, 2.24) is 10.1 Å². The first-order chi connectivity index (χ1) is 9.25. The number of amides is 1. The van der Waals surface area contributed by atoms with Gasteiger partial charge in [-0.25, -0.2) is 0 Å². The van der Waals surface area contributed by atoms with Crippen molar-refractivity contribution >= 4 is 28.2 Å². The van der Waals surface area contributed by atoms with Crippen LogP contribution in [-0.4, -0.2) is 16.0 Å². The number of carbonyl (C=O) groups is 1. The van der Waals surface area contributed by atoms with Crippen LogP contribution >= 0.6 is 0 Å². The van der Waals surface area contributed by atoms with Crippen molar-refractivity contribution in [3.63, 3.8) is 0 Å². The largest absolute Gasteiger partial charge is 0.396 e. The average Bonchev–Trinajstić information content (AvgIpc) is 2.96. The van der Waals surface area contributed by atoms with Crippen LogP contribution in [0.15, 0.2) is 47.3 Å². The summed E-state index contributed by atoms with van der Waals surface area (Å²) in [7, 11) is 0. The number of hydrogen-bond acceptors (Lipinski definition) is 5. The lowest BCUT2D eigenvalue weighted by Crippen LogP contribution is -2.13. The SMILES string of the molecule is Nc1c(NC(=O)c2ccon2)cnc2ccccc12. The smallest absolute Gasteiger partial charge is 0.277 e. The molecule has 3 aromatic rings. The third kappa shape index (κ3) is 1.99. The predicted octanol–water partition coefficient (Wildman–Crippen LogP) is 2.06. The zero-order valence-electron chi connectivity index (χ0n) is 9.83. The van der Waals surface area contributed by atoms with Crippen LogP contribution in [-0.2, 0) is 0 Å². The summed E-state index contributed by atoms with van der Waals surface area (Å²) in [5.74, 6) is -0.391. The van der Waals surface area contributed by atoms with E-state index in [2.05, 4.69) is 20.0 Å². The van der Waals surface area contributed by atoms with E-state index < -0.39 is 5.91 Å². The Hall–Kier alpha value is -2.89. The molecule has 0 spiro atoms. The lowest BCUT2D eigenvalue weighted by atomic mass is 10.1. The number of nitrogens with one attached hydrogen (secondary N) is 1. The average molecular weight is 254 g/mol. The van der Waals surface area contributed by atoms with Gasteiger partial charge in [-0.05, 0) is 6.07 Å². The molecule has 3 rings (SSSR count). The second-order valence-electron chi connectivity index (χ2n) is 3.94. The van der Waals surface area contributed by atoms with Crippen molar-refractivity contribution in [3.8, 4) is 0 Å². The van der Waals surface area contributed by atoms with E-state index in [-0.39, 0.29) is 5.69 Å². The summed E-state index contributed by atoms with van der Waals surface area (Å²) in [6.45, 7) is 0. The number of fused-ring (bicyclic) bond motifs is 1. The van der Waals surface area contributed by atoms with Crippen molar-refractivity contribution < 1.29 is 9.32 Å². The molecule has 19 heavy (non-hydrogen) atoms. The molecule has 0 saturated heterocycles. The number of pyridine rings is 1. The molecule has 0 aliphatic heterocycles. The molecule has 0 radical (unpaired) electrons. The van der Waals surface area contributed by atoms with Crippen LogP contribution in [0.3, 0.4) is 0 Å². The van der Waals surface area contributed by atoms with Crippen LogP contribution in [0.2, 0.25) is 0 Å². The summed E-state index contributed by atoms with van der Waals surface area (Å²) in [6, 6.07) is 8.92. The molecule has 3 N–H and O–H groups in total. The highest BCUT2D eigenvalue weighted by atomic mass is 16.5. The van der Waals surface area contributed by atoms with Crippen LogP contribution in [0, 0.1) is 0 Å². The van der Waals surface area contributed by atoms with Gasteiger partial charge in [-0.2, -0.15) is 0 Å². The van der Waals surface area contributed by atoms with Gasteiger partial charge in [-0.3, -0.25) is 9.78 Å². The number of carbonyl (C=O) groups excluding carboxylic acids is 1. The molecule has 0 aliphatic rings. The maximum atomic E-state index is 11.8. The van der Waals surface area contributed by atoms with Crippen LogP contribution in [0.4, 0.5) is 11.4 Å². The number of para-hydroxylation sites is 1. The van der Waals surface area contributed by atoms with Crippen LogP contribution < -0.4 is 11.1 Å². The Bertz CT molecular complexity index is 737. The molecule has 0 unspecified atom stereocenters. The summed E-state index contributed by atoms with van der Waals surface area (Å²) in [5.41, 5.74) is 7.91. The highest BCUT2D eigenvalue weighted by Crippen LogP contribution is 2.26. The van der Waals surface area contributed by atoms with Gasteiger partial charge in [0.05, 0.1) is 23.1 Å². The third-order valence-corrected chi connectivity index (χ3v) is 2.74. The molecular weight excluding hydrogens is 244 g/mol. The second kappa shape index (κ2) is 4.41. The first-order valence-corrected chi connectivity index (χ1v) is 5.60. The molecule has 0 aliphatic carbocycles. The normalized spacial score (nSPS) is 10.5. The number of rotatable bonds is 2. The summed E-state index contributed by atoms with van der Waals surface area (Å²) < 4.78 is 4.62. The Morgan fingerprint density at radius 2 is 2.11 bits per heavy atom. The molecule has 1 aromatic carbocycles. The first-order valence-electron chi connectivity index (χ1n) is 5.60. The predicted molar refractivity (Wildman–Crippen MR) is 70.6 cm³/mol. The van der Waals surface area contributed by atoms with Gasteiger partial charge in [0.25, 0.3) is 5.91 Å². The van der Waals surface area contributed by atoms with Gasteiger partial charge in [-0.1, -0.05) is 23.4 Å². The van der Waals surface area contributed by atoms with E-state index in [1.807, 2.05) is 24.3 Å². The van der Waals surface area contributed by atoms with Crippen molar-refractivity contribution in [2.75, 3.05) is 11.1 Å². The minimum absolute atomic E-state index is 0.188. The van der Waals surface area contributed by atoms with Crippen molar-refractivity contribution in [2.45, 2.75) is 0 Å². The number of nitrogens with two attached hydrogens (primary N) is 1. The molecule has 1 amide bonds. The monoisotopic (exact) mass is 254 g/mol. The van der Waals surface area contributed by atoms with Gasteiger partial charge < -0.3 is 15.6 Å². The lowest BCUT2D eigenvalue weighted by molar-refractivity contribution is 0.101. The molecule has 2 heterocycles. The van der Waals surface area contributed by atoms with E-state index in [9.17, 15) is 4.79 Å². The Morgan fingerprint density at radius 1 is 1.26 bits per heavy atom. The second-order valence-corrected chi connectivity index (χ2v) is 3.94. The maximum absolute atomic E-state index is 11.8. The fraction of sp³-hybridized carbons (Fsp3) is 0. The zero-order chi connectivity index (χ0) is 13.2. The highest BCUT2D eigenvalue weighted by Gasteiger charge is 2.12. The van der Waals surface area contributed by atoms with E-state index >= 15 is 0 Å². The molecule has 94 valence electrons. The third-order valence-electron chi connectivity index (χ3n) is 2.74. The van der Waals surface area contributed by atoms with Crippen molar-refractivity contribution in [1.29, 1.82) is 0 Å². The Labute approximate surface area is 108 Å². The molecule has 2 aromatic heterocycles. The van der Waals surface area contributed by atoms with E-state index in [1.165, 1.54) is 18.5 Å². The number of hydrogen-bond donors (Lipinski definition) is 2. The fourth-order valence-corrected chi connectivity index (χ4v) is 1.78. The molecule has 6 nitrogen and oxygen atoms in total. The van der Waals surface area contributed by atoms with Crippen molar-refractivity contribution in [3.05, 3.63) is 48.5 Å². The molecule has 0 atom stereocenters. The minimum Gasteiger partial charge on any atom is -0.396 e. The highest BCUT2D eigenvalue weighted by molar-refractivity contribution is 6.07. The van der Waals surface area contributed by atoms with Gasteiger partial charge in [0.1, 0.15) is 6.26 Å². The van der Waals surface area contributed by atoms with Crippen LogP contribution in [0.25, 0.3) is 10.9 Å². The molecular formula is C13H10N4O2. The standard InChI is InChI=1S/C13H10N4O2/c14-12-8-3-1-2-4-9(8)15-7-11(12)16-13(18)10-5-6-19-17-10/h1-7H,(H2,14,15)(H,16,18). The van der Waals surface area contributed by atoms with E-state index in [0.717, 1.165) is 10.9 Å². The van der Waals surface area contributed by atoms with Gasteiger partial charge in [0, 0.05) is 11.5 Å². The topological polar surface area (TPSA) is 94.0 Å². The molecule has 0 bridgehead atoms. The Morgan fingerprint density at radius 3 is 2.89 bits per heavy atom. The van der Waals surface area contributed by atoms with Gasteiger partial charge in [0.2, 0.25) is 0 Å². The number of nitrogens with zero attached hydrogens (tertiary/aromatic N) is 2. The summed E-state index contributed by atoms with van der Waals surface area (Å²) in [6.07, 6.45) is 2.85. The zero-order valence-corrected chi connectivity index (χ0v) is 9.83. The van der Waals surface area contributed by atoms with Gasteiger partial charge in [0.15, 0.2) is 5.69 Å². The quantitative estimate of drug-likeness (QED) is 0.730.